The predicted molar refractivity (Wildman–Crippen MR) is 74.0 cm³/mol. The van der Waals surface area contributed by atoms with Crippen LogP contribution in [0, 0.1) is 11.3 Å². The van der Waals surface area contributed by atoms with Gasteiger partial charge in [0.1, 0.15) is 10.8 Å². The number of nitrogens with zero attached hydrogens (tertiary/aromatic N) is 4. The van der Waals surface area contributed by atoms with Crippen LogP contribution in [0.5, 0.6) is 0 Å². The fraction of sp³-hybridized carbons (Fsp3) is 0.143. The van der Waals surface area contributed by atoms with E-state index >= 15 is 0 Å². The second kappa shape index (κ2) is 6.13. The molecular weight excluding hydrogens is 276 g/mol. The maximum atomic E-state index is 12.1. The zero-order valence-electron chi connectivity index (χ0n) is 10.7. The Hall–Kier alpha value is -2.45. The van der Waals surface area contributed by atoms with Gasteiger partial charge in [0.05, 0.1) is 24.0 Å². The van der Waals surface area contributed by atoms with Gasteiger partial charge in [-0.15, -0.1) is 0 Å². The third kappa shape index (κ3) is 3.31. The summed E-state index contributed by atoms with van der Waals surface area (Å²) < 4.78 is 0. The van der Waals surface area contributed by atoms with Crippen molar-refractivity contribution in [2.45, 2.75) is 6.54 Å². The monoisotopic (exact) mass is 286 g/mol. The maximum absolute atomic E-state index is 12.1. The van der Waals surface area contributed by atoms with Crippen molar-refractivity contribution >= 4 is 17.5 Å². The van der Waals surface area contributed by atoms with Gasteiger partial charge in [0, 0.05) is 13.6 Å². The van der Waals surface area contributed by atoms with Crippen molar-refractivity contribution < 1.29 is 4.79 Å². The Balaban J connectivity index is 2.11. The number of hydrogen-bond acceptors (Lipinski definition) is 4. The largest absolute Gasteiger partial charge is 0.336 e. The fourth-order valence-corrected chi connectivity index (χ4v) is 1.80. The number of carbonyl (C=O) groups is 1. The lowest BCUT2D eigenvalue weighted by Crippen LogP contribution is -2.27. The minimum atomic E-state index is -0.253. The molecule has 0 saturated heterocycles. The van der Waals surface area contributed by atoms with Gasteiger partial charge in [-0.1, -0.05) is 23.7 Å². The van der Waals surface area contributed by atoms with E-state index in [-0.39, 0.29) is 16.8 Å². The smallest absolute Gasteiger partial charge is 0.274 e. The van der Waals surface area contributed by atoms with Crippen molar-refractivity contribution in [3.05, 3.63) is 58.6 Å². The Morgan fingerprint density at radius 1 is 1.40 bits per heavy atom. The summed E-state index contributed by atoms with van der Waals surface area (Å²) in [5.41, 5.74) is 1.67. The van der Waals surface area contributed by atoms with Gasteiger partial charge < -0.3 is 4.90 Å². The average Bonchev–Trinajstić information content (AvgIpc) is 2.47. The third-order valence-electron chi connectivity index (χ3n) is 2.66. The Labute approximate surface area is 121 Å². The molecule has 0 atom stereocenters. The molecule has 0 unspecified atom stereocenters. The molecule has 1 aromatic carbocycles. The van der Waals surface area contributed by atoms with E-state index in [4.69, 9.17) is 16.9 Å². The first-order valence-corrected chi connectivity index (χ1v) is 6.20. The van der Waals surface area contributed by atoms with Crippen molar-refractivity contribution in [1.29, 1.82) is 5.26 Å². The molecular formula is C14H11ClN4O. The summed E-state index contributed by atoms with van der Waals surface area (Å²) in [6.07, 6.45) is 2.67. The van der Waals surface area contributed by atoms with E-state index in [0.717, 1.165) is 5.56 Å². The number of aromatic nitrogens is 2. The normalized spacial score (nSPS) is 9.85. The zero-order valence-corrected chi connectivity index (χ0v) is 11.5. The van der Waals surface area contributed by atoms with Crippen LogP contribution in [0.2, 0.25) is 5.15 Å². The predicted octanol–water partition coefficient (Wildman–Crippen LogP) is 2.27. The number of rotatable bonds is 3. The Morgan fingerprint density at radius 3 is 2.85 bits per heavy atom. The average molecular weight is 287 g/mol. The van der Waals surface area contributed by atoms with Crippen molar-refractivity contribution in [2.75, 3.05) is 7.05 Å². The second-order valence-corrected chi connectivity index (χ2v) is 4.59. The summed E-state index contributed by atoms with van der Waals surface area (Å²) in [7, 11) is 1.66. The van der Waals surface area contributed by atoms with Gasteiger partial charge in [-0.3, -0.25) is 4.79 Å². The molecule has 2 rings (SSSR count). The maximum Gasteiger partial charge on any atom is 0.274 e. The van der Waals surface area contributed by atoms with Crippen LogP contribution in [0.25, 0.3) is 0 Å². The number of amides is 1. The van der Waals surface area contributed by atoms with Gasteiger partial charge in [0.15, 0.2) is 0 Å². The molecule has 0 aliphatic rings. The van der Waals surface area contributed by atoms with Gasteiger partial charge in [0.2, 0.25) is 0 Å². The number of carbonyl (C=O) groups excluding carboxylic acids is 1. The molecule has 0 N–H and O–H groups in total. The van der Waals surface area contributed by atoms with Crippen LogP contribution in [0.3, 0.4) is 0 Å². The van der Waals surface area contributed by atoms with Gasteiger partial charge >= 0.3 is 0 Å². The highest BCUT2D eigenvalue weighted by Crippen LogP contribution is 2.09. The molecule has 6 heteroatoms. The standard InChI is InChI=1S/C14H11ClN4O/c1-19(9-11-4-2-3-10(5-11)6-16)14(20)12-7-18-13(15)8-17-12/h2-5,7-8H,9H2,1H3. The summed E-state index contributed by atoms with van der Waals surface area (Å²) in [5.74, 6) is -0.253. The van der Waals surface area contributed by atoms with E-state index < -0.39 is 0 Å². The quantitative estimate of drug-likeness (QED) is 0.868. The van der Waals surface area contributed by atoms with Crippen molar-refractivity contribution in [3.8, 4) is 6.07 Å². The summed E-state index contributed by atoms with van der Waals surface area (Å²) in [4.78, 5) is 21.4. The number of nitriles is 1. The zero-order chi connectivity index (χ0) is 14.5. The molecule has 0 radical (unpaired) electrons. The van der Waals surface area contributed by atoms with Gasteiger partial charge in [-0.05, 0) is 17.7 Å². The Kier molecular flexibility index (Phi) is 4.28. The minimum absolute atomic E-state index is 0.230. The molecule has 2 aromatic rings. The molecule has 0 bridgehead atoms. The molecule has 0 spiro atoms. The van der Waals surface area contributed by atoms with Crippen molar-refractivity contribution in [2.24, 2.45) is 0 Å². The number of benzene rings is 1. The van der Waals surface area contributed by atoms with Gasteiger partial charge in [0.25, 0.3) is 5.91 Å². The molecule has 1 aromatic heterocycles. The van der Waals surface area contributed by atoms with E-state index in [9.17, 15) is 4.79 Å². The summed E-state index contributed by atoms with van der Waals surface area (Å²) >= 11 is 5.63. The lowest BCUT2D eigenvalue weighted by atomic mass is 10.1. The Bertz CT molecular complexity index is 664. The summed E-state index contributed by atoms with van der Waals surface area (Å²) in [5, 5.41) is 9.09. The highest BCUT2D eigenvalue weighted by molar-refractivity contribution is 6.29. The minimum Gasteiger partial charge on any atom is -0.336 e. The molecule has 0 aliphatic carbocycles. The van der Waals surface area contributed by atoms with Crippen LogP contribution >= 0.6 is 11.6 Å². The van der Waals surface area contributed by atoms with E-state index in [1.165, 1.54) is 17.3 Å². The highest BCUT2D eigenvalue weighted by Gasteiger charge is 2.14. The molecule has 20 heavy (non-hydrogen) atoms. The molecule has 100 valence electrons. The van der Waals surface area contributed by atoms with Crippen LogP contribution in [0.4, 0.5) is 0 Å². The van der Waals surface area contributed by atoms with Crippen LogP contribution in [0.1, 0.15) is 21.6 Å². The van der Waals surface area contributed by atoms with E-state index in [0.29, 0.717) is 12.1 Å². The van der Waals surface area contributed by atoms with Gasteiger partial charge in [-0.25, -0.2) is 9.97 Å². The number of halogens is 1. The molecule has 0 aliphatic heterocycles. The SMILES string of the molecule is CN(Cc1cccc(C#N)c1)C(=O)c1cnc(Cl)cn1. The molecule has 0 fully saturated rings. The van der Waals surface area contributed by atoms with Crippen LogP contribution < -0.4 is 0 Å². The molecule has 1 heterocycles. The highest BCUT2D eigenvalue weighted by atomic mass is 35.5. The van der Waals surface area contributed by atoms with Crippen molar-refractivity contribution in [1.82, 2.24) is 14.9 Å². The van der Waals surface area contributed by atoms with E-state index in [1.807, 2.05) is 6.07 Å². The third-order valence-corrected chi connectivity index (χ3v) is 2.86. The molecule has 0 saturated carbocycles. The topological polar surface area (TPSA) is 69.9 Å². The van der Waals surface area contributed by atoms with Crippen molar-refractivity contribution in [3.63, 3.8) is 0 Å². The first kappa shape index (κ1) is 14.0. The second-order valence-electron chi connectivity index (χ2n) is 4.20. The van der Waals surface area contributed by atoms with Crippen LogP contribution in [-0.4, -0.2) is 27.8 Å². The Morgan fingerprint density at radius 2 is 2.20 bits per heavy atom. The first-order chi connectivity index (χ1) is 9.60. The lowest BCUT2D eigenvalue weighted by molar-refractivity contribution is 0.0779. The fourth-order valence-electron chi connectivity index (χ4n) is 1.70. The summed E-state index contributed by atoms with van der Waals surface area (Å²) in [6.45, 7) is 0.388. The first-order valence-electron chi connectivity index (χ1n) is 5.82. The van der Waals surface area contributed by atoms with Crippen LogP contribution in [-0.2, 0) is 6.54 Å². The molecule has 5 nitrogen and oxygen atoms in total. The summed E-state index contributed by atoms with van der Waals surface area (Å²) in [6, 6.07) is 9.18. The number of hydrogen-bond donors (Lipinski definition) is 0. The van der Waals surface area contributed by atoms with Crippen LogP contribution in [0.15, 0.2) is 36.7 Å². The van der Waals surface area contributed by atoms with E-state index in [1.54, 1.807) is 25.2 Å². The van der Waals surface area contributed by atoms with E-state index in [2.05, 4.69) is 16.0 Å². The van der Waals surface area contributed by atoms with Gasteiger partial charge in [-0.2, -0.15) is 5.26 Å². The molecule has 1 amide bonds. The lowest BCUT2D eigenvalue weighted by Gasteiger charge is -2.16.